The molecule has 0 unspecified atom stereocenters. The zero-order valence-corrected chi connectivity index (χ0v) is 19.7. The van der Waals surface area contributed by atoms with E-state index in [1.165, 1.54) is 11.8 Å². The second-order valence-electron chi connectivity index (χ2n) is 8.21. The predicted molar refractivity (Wildman–Crippen MR) is 128 cm³/mol. The van der Waals surface area contributed by atoms with Crippen molar-refractivity contribution in [2.75, 3.05) is 19.5 Å². The van der Waals surface area contributed by atoms with Gasteiger partial charge in [0.05, 0.1) is 37.3 Å². The van der Waals surface area contributed by atoms with Crippen molar-refractivity contribution >= 4 is 23.4 Å². The maximum Gasteiger partial charge on any atom is 0.253 e. The summed E-state index contributed by atoms with van der Waals surface area (Å²) in [6.45, 7) is 1.37. The van der Waals surface area contributed by atoms with Crippen molar-refractivity contribution in [3.05, 3.63) is 65.7 Å². The molecule has 0 radical (unpaired) electrons. The number of thioether (sulfide) groups is 1. The van der Waals surface area contributed by atoms with Crippen LogP contribution >= 0.6 is 11.8 Å². The first-order chi connectivity index (χ1) is 16.7. The molecule has 0 N–H and O–H groups in total. The predicted octanol–water partition coefficient (Wildman–Crippen LogP) is 3.33. The van der Waals surface area contributed by atoms with Gasteiger partial charge in [-0.05, 0) is 46.5 Å². The second-order valence-corrected chi connectivity index (χ2v) is 9.15. The van der Waals surface area contributed by atoms with Crippen LogP contribution in [0, 0.1) is 0 Å². The summed E-state index contributed by atoms with van der Waals surface area (Å²) in [4.78, 5) is 13.4. The van der Waals surface area contributed by atoms with Crippen LogP contribution in [0.1, 0.15) is 36.4 Å². The summed E-state index contributed by atoms with van der Waals surface area (Å²) in [5.74, 6) is 0.866. The van der Waals surface area contributed by atoms with E-state index in [1.807, 2.05) is 54.6 Å². The molecule has 3 heterocycles. The summed E-state index contributed by atoms with van der Waals surface area (Å²) in [6.07, 6.45) is 2.81. The number of hydrogen-bond acceptors (Lipinski definition) is 8. The Morgan fingerprint density at radius 3 is 2.74 bits per heavy atom. The van der Waals surface area contributed by atoms with E-state index in [0.29, 0.717) is 18.1 Å². The van der Waals surface area contributed by atoms with Crippen LogP contribution in [0.15, 0.2) is 64.9 Å². The molecule has 5 rings (SSSR count). The van der Waals surface area contributed by atoms with Gasteiger partial charge in [0.15, 0.2) is 0 Å². The van der Waals surface area contributed by atoms with Crippen molar-refractivity contribution in [1.82, 2.24) is 25.2 Å². The van der Waals surface area contributed by atoms with Crippen molar-refractivity contribution < 1.29 is 14.3 Å². The lowest BCUT2D eigenvalue weighted by Crippen LogP contribution is -2.28. The Kier molecular flexibility index (Phi) is 6.87. The zero-order valence-electron chi connectivity index (χ0n) is 18.9. The second kappa shape index (κ2) is 10.4. The van der Waals surface area contributed by atoms with Gasteiger partial charge in [-0.25, -0.2) is 9.69 Å². The van der Waals surface area contributed by atoms with Gasteiger partial charge in [-0.1, -0.05) is 54.2 Å². The molecule has 2 aromatic carbocycles. The fourth-order valence-corrected chi connectivity index (χ4v) is 4.96. The van der Waals surface area contributed by atoms with Crippen molar-refractivity contribution in [3.8, 4) is 5.75 Å². The first-order valence-corrected chi connectivity index (χ1v) is 12.3. The average Bonchev–Trinajstić information content (AvgIpc) is 3.65. The van der Waals surface area contributed by atoms with Gasteiger partial charge >= 0.3 is 0 Å². The van der Waals surface area contributed by atoms with E-state index >= 15 is 0 Å². The monoisotopic (exact) mass is 478 g/mol. The van der Waals surface area contributed by atoms with Gasteiger partial charge in [-0.2, -0.15) is 5.10 Å². The summed E-state index contributed by atoms with van der Waals surface area (Å²) < 4.78 is 12.7. The molecule has 1 saturated heterocycles. The van der Waals surface area contributed by atoms with E-state index in [1.54, 1.807) is 16.8 Å². The summed E-state index contributed by atoms with van der Waals surface area (Å²) in [5.41, 5.74) is 2.92. The molecule has 0 saturated carbocycles. The number of tetrazole rings is 1. The van der Waals surface area contributed by atoms with Crippen LogP contribution in [-0.2, 0) is 16.1 Å². The molecule has 1 fully saturated rings. The molecule has 1 aromatic heterocycles. The number of ether oxygens (including phenoxy) is 2. The van der Waals surface area contributed by atoms with E-state index < -0.39 is 0 Å². The number of carbonyl (C=O) groups is 1. The van der Waals surface area contributed by atoms with Crippen LogP contribution in [-0.4, -0.2) is 62.4 Å². The van der Waals surface area contributed by atoms with E-state index in [-0.39, 0.29) is 23.8 Å². The topological polar surface area (TPSA) is 94.7 Å². The first-order valence-electron chi connectivity index (χ1n) is 11.3. The Hall–Kier alpha value is -3.24. The molecule has 3 aromatic rings. The van der Waals surface area contributed by atoms with Crippen LogP contribution < -0.4 is 4.74 Å². The van der Waals surface area contributed by atoms with Crippen molar-refractivity contribution in [2.45, 2.75) is 43.1 Å². The number of rotatable bonds is 8. The molecule has 2 aliphatic heterocycles. The number of aromatic nitrogens is 4. The van der Waals surface area contributed by atoms with Gasteiger partial charge in [-0.3, -0.25) is 4.79 Å². The molecular weight excluding hydrogens is 452 g/mol. The number of hydrazone groups is 1. The highest BCUT2D eigenvalue weighted by atomic mass is 32.2. The van der Waals surface area contributed by atoms with Gasteiger partial charge < -0.3 is 9.47 Å². The lowest BCUT2D eigenvalue weighted by molar-refractivity contribution is -0.130. The number of amides is 1. The molecule has 2 atom stereocenters. The third kappa shape index (κ3) is 4.97. The van der Waals surface area contributed by atoms with Crippen LogP contribution in [0.3, 0.4) is 0 Å². The number of nitrogens with zero attached hydrogens (tertiary/aromatic N) is 6. The fraction of sp³-hybridized carbons (Fsp3) is 0.375. The van der Waals surface area contributed by atoms with Gasteiger partial charge in [0.1, 0.15) is 5.75 Å². The van der Waals surface area contributed by atoms with Gasteiger partial charge in [0, 0.05) is 13.0 Å². The normalized spacial score (nSPS) is 19.9. The maximum absolute atomic E-state index is 13.4. The molecule has 176 valence electrons. The Morgan fingerprint density at radius 1 is 1.18 bits per heavy atom. The molecular formula is C24H26N6O3S. The Labute approximate surface area is 202 Å². The number of hydrogen-bond donors (Lipinski definition) is 0. The Morgan fingerprint density at radius 2 is 2.00 bits per heavy atom. The summed E-state index contributed by atoms with van der Waals surface area (Å²) >= 11 is 1.32. The lowest BCUT2D eigenvalue weighted by Gasteiger charge is -2.22. The lowest BCUT2D eigenvalue weighted by atomic mass is 9.98. The first kappa shape index (κ1) is 22.5. The highest BCUT2D eigenvalue weighted by molar-refractivity contribution is 7.99. The molecule has 2 aliphatic rings. The summed E-state index contributed by atoms with van der Waals surface area (Å²) in [5, 5.41) is 18.9. The molecule has 10 heteroatoms. The SMILES string of the molecule is COc1ccc([C@@H]2CC(c3ccccc3)=NN2C(=O)CSc2nnnn2C[C@H]2CCCO2)cc1. The minimum absolute atomic E-state index is 0.0941. The van der Waals surface area contributed by atoms with Crippen LogP contribution in [0.2, 0.25) is 0 Å². The molecule has 1 amide bonds. The Bertz CT molecular complexity index is 1150. The standard InChI is InChI=1S/C24H26N6O3S/c1-32-19-11-9-18(10-12-19)22-14-21(17-6-3-2-4-7-17)26-30(22)23(31)16-34-24-25-27-28-29(24)15-20-8-5-13-33-20/h2-4,6-7,9-12,20,22H,5,8,13-16H2,1H3/t20-,22+/m1/s1. The highest BCUT2D eigenvalue weighted by Gasteiger charge is 2.33. The molecule has 0 bridgehead atoms. The summed E-state index contributed by atoms with van der Waals surface area (Å²) in [7, 11) is 1.64. The van der Waals surface area contributed by atoms with Gasteiger partial charge in [0.25, 0.3) is 5.91 Å². The van der Waals surface area contributed by atoms with E-state index in [9.17, 15) is 4.79 Å². The molecule has 9 nitrogen and oxygen atoms in total. The Balaban J connectivity index is 1.32. The van der Waals surface area contributed by atoms with Crippen LogP contribution in [0.4, 0.5) is 0 Å². The van der Waals surface area contributed by atoms with Crippen molar-refractivity contribution in [3.63, 3.8) is 0 Å². The number of carbonyl (C=O) groups excluding carboxylic acids is 1. The van der Waals surface area contributed by atoms with Gasteiger partial charge in [-0.15, -0.1) is 5.10 Å². The van der Waals surface area contributed by atoms with E-state index in [2.05, 4.69) is 15.5 Å². The largest absolute Gasteiger partial charge is 0.497 e. The minimum Gasteiger partial charge on any atom is -0.497 e. The third-order valence-corrected chi connectivity index (χ3v) is 6.94. The minimum atomic E-state index is -0.183. The van der Waals surface area contributed by atoms with Crippen LogP contribution in [0.5, 0.6) is 5.75 Å². The number of methoxy groups -OCH3 is 1. The van der Waals surface area contributed by atoms with E-state index in [4.69, 9.17) is 14.6 Å². The van der Waals surface area contributed by atoms with Crippen molar-refractivity contribution in [2.24, 2.45) is 5.10 Å². The average molecular weight is 479 g/mol. The van der Waals surface area contributed by atoms with E-state index in [0.717, 1.165) is 42.0 Å². The molecule has 0 aliphatic carbocycles. The zero-order chi connectivity index (χ0) is 23.3. The number of benzene rings is 2. The summed E-state index contributed by atoms with van der Waals surface area (Å²) in [6, 6.07) is 17.6. The molecule has 0 spiro atoms. The smallest absolute Gasteiger partial charge is 0.253 e. The quantitative estimate of drug-likeness (QED) is 0.458. The maximum atomic E-state index is 13.4. The van der Waals surface area contributed by atoms with Gasteiger partial charge in [0.2, 0.25) is 5.16 Å². The molecule has 34 heavy (non-hydrogen) atoms. The fourth-order valence-electron chi connectivity index (χ4n) is 4.22. The third-order valence-electron chi connectivity index (χ3n) is 6.00. The van der Waals surface area contributed by atoms with Crippen LogP contribution in [0.25, 0.3) is 0 Å². The highest BCUT2D eigenvalue weighted by Crippen LogP contribution is 2.34. The van der Waals surface area contributed by atoms with Crippen molar-refractivity contribution in [1.29, 1.82) is 0 Å².